The molecule has 0 amide bonds. The van der Waals surface area contributed by atoms with Crippen LogP contribution in [0, 0.1) is 6.92 Å². The predicted molar refractivity (Wildman–Crippen MR) is 71.7 cm³/mol. The van der Waals surface area contributed by atoms with Crippen molar-refractivity contribution in [3.8, 4) is 0 Å². The fraction of sp³-hybridized carbons (Fsp3) is 0.200. The summed E-state index contributed by atoms with van der Waals surface area (Å²) in [6.45, 7) is 4.09. The second-order valence-electron chi connectivity index (χ2n) is 4.00. The van der Waals surface area contributed by atoms with Crippen LogP contribution >= 0.6 is 0 Å². The number of hydrogen-bond acceptors (Lipinski definition) is 1. The van der Waals surface area contributed by atoms with Gasteiger partial charge in [0.25, 0.3) is 0 Å². The minimum Gasteiger partial charge on any atom is -0.249 e. The Morgan fingerprint density at radius 2 is 1.53 bits per heavy atom. The van der Waals surface area contributed by atoms with E-state index in [-0.39, 0.29) is 0 Å². The van der Waals surface area contributed by atoms with Crippen molar-refractivity contribution in [2.75, 3.05) is 0 Å². The van der Waals surface area contributed by atoms with Gasteiger partial charge in [-0.3, -0.25) is 0 Å². The molecule has 0 saturated heterocycles. The molecular formula is C15H16OS. The van der Waals surface area contributed by atoms with Crippen LogP contribution in [0.1, 0.15) is 18.1 Å². The lowest BCUT2D eigenvalue weighted by Gasteiger charge is -2.09. The van der Waals surface area contributed by atoms with Crippen molar-refractivity contribution in [3.05, 3.63) is 59.7 Å². The maximum absolute atomic E-state index is 12.6. The highest BCUT2D eigenvalue weighted by Crippen LogP contribution is 2.22. The topological polar surface area (TPSA) is 17.1 Å². The fourth-order valence-corrected chi connectivity index (χ4v) is 3.31. The summed E-state index contributed by atoms with van der Waals surface area (Å²) in [6, 6.07) is 15.8. The quantitative estimate of drug-likeness (QED) is 0.804. The summed E-state index contributed by atoms with van der Waals surface area (Å²) in [5, 5.41) is 0. The number of benzene rings is 2. The Labute approximate surface area is 105 Å². The van der Waals surface area contributed by atoms with Crippen molar-refractivity contribution < 1.29 is 4.21 Å². The predicted octanol–water partition coefficient (Wildman–Crippen LogP) is 3.72. The van der Waals surface area contributed by atoms with Crippen LogP contribution in [0.3, 0.4) is 0 Å². The van der Waals surface area contributed by atoms with Crippen LogP contribution in [0.15, 0.2) is 58.3 Å². The van der Waals surface area contributed by atoms with Crippen molar-refractivity contribution in [1.29, 1.82) is 0 Å². The molecule has 0 aliphatic carbocycles. The van der Waals surface area contributed by atoms with E-state index in [0.717, 1.165) is 27.3 Å². The van der Waals surface area contributed by atoms with Crippen molar-refractivity contribution in [2.24, 2.45) is 0 Å². The lowest BCUT2D eigenvalue weighted by Crippen LogP contribution is -1.99. The maximum Gasteiger partial charge on any atom is 0.0855 e. The molecule has 0 bridgehead atoms. The molecule has 88 valence electrons. The van der Waals surface area contributed by atoms with Gasteiger partial charge in [-0.05, 0) is 36.6 Å². The first-order chi connectivity index (χ1) is 8.24. The van der Waals surface area contributed by atoms with E-state index in [0.29, 0.717) is 0 Å². The Morgan fingerprint density at radius 3 is 2.18 bits per heavy atom. The van der Waals surface area contributed by atoms with Crippen LogP contribution in [0.4, 0.5) is 0 Å². The van der Waals surface area contributed by atoms with Gasteiger partial charge in [0, 0.05) is 9.79 Å². The smallest absolute Gasteiger partial charge is 0.0855 e. The van der Waals surface area contributed by atoms with E-state index >= 15 is 0 Å². The molecular weight excluding hydrogens is 228 g/mol. The van der Waals surface area contributed by atoms with Crippen LogP contribution in [0.5, 0.6) is 0 Å². The van der Waals surface area contributed by atoms with Gasteiger partial charge in [-0.15, -0.1) is 0 Å². The molecule has 1 unspecified atom stereocenters. The molecule has 0 N–H and O–H groups in total. The molecule has 0 fully saturated rings. The molecule has 2 heteroatoms. The minimum absolute atomic E-state index is 0.911. The summed E-state index contributed by atoms with van der Waals surface area (Å²) in [7, 11) is -1.07. The Bertz CT molecular complexity index is 546. The molecule has 1 atom stereocenters. The van der Waals surface area contributed by atoms with E-state index < -0.39 is 10.8 Å². The van der Waals surface area contributed by atoms with E-state index in [1.54, 1.807) is 0 Å². The molecule has 2 rings (SSSR count). The van der Waals surface area contributed by atoms with Gasteiger partial charge in [-0.1, -0.05) is 43.3 Å². The third kappa shape index (κ3) is 2.47. The first kappa shape index (κ1) is 12.1. The van der Waals surface area contributed by atoms with Crippen LogP contribution in [0.2, 0.25) is 0 Å². The summed E-state index contributed by atoms with van der Waals surface area (Å²) in [6.07, 6.45) is 0.911. The molecule has 2 aromatic carbocycles. The summed E-state index contributed by atoms with van der Waals surface area (Å²) < 4.78 is 12.6. The van der Waals surface area contributed by atoms with Gasteiger partial charge in [0.1, 0.15) is 0 Å². The van der Waals surface area contributed by atoms with Crippen LogP contribution in [-0.2, 0) is 17.2 Å². The lowest BCUT2D eigenvalue weighted by atomic mass is 10.2. The second kappa shape index (κ2) is 5.28. The van der Waals surface area contributed by atoms with Gasteiger partial charge < -0.3 is 0 Å². The fourth-order valence-electron chi connectivity index (χ4n) is 1.86. The maximum atomic E-state index is 12.6. The van der Waals surface area contributed by atoms with Crippen LogP contribution in [-0.4, -0.2) is 4.21 Å². The third-order valence-corrected chi connectivity index (χ3v) is 4.50. The zero-order valence-electron chi connectivity index (χ0n) is 10.1. The highest BCUT2D eigenvalue weighted by molar-refractivity contribution is 7.85. The van der Waals surface area contributed by atoms with Crippen molar-refractivity contribution in [2.45, 2.75) is 30.1 Å². The molecule has 0 saturated carbocycles. The van der Waals surface area contributed by atoms with Gasteiger partial charge in [-0.2, -0.15) is 0 Å². The average Bonchev–Trinajstić information content (AvgIpc) is 2.38. The number of aryl methyl sites for hydroxylation is 2. The van der Waals surface area contributed by atoms with E-state index in [4.69, 9.17) is 0 Å². The highest BCUT2D eigenvalue weighted by Gasteiger charge is 2.12. The van der Waals surface area contributed by atoms with Gasteiger partial charge in [0.05, 0.1) is 10.8 Å². The minimum atomic E-state index is -1.07. The molecule has 17 heavy (non-hydrogen) atoms. The van der Waals surface area contributed by atoms with E-state index in [9.17, 15) is 4.21 Å². The zero-order chi connectivity index (χ0) is 12.3. The summed E-state index contributed by atoms with van der Waals surface area (Å²) in [5.41, 5.74) is 2.24. The van der Waals surface area contributed by atoms with E-state index in [1.165, 1.54) is 0 Å². The Hall–Kier alpha value is -1.41. The first-order valence-corrected chi connectivity index (χ1v) is 6.94. The lowest BCUT2D eigenvalue weighted by molar-refractivity contribution is 0.681. The first-order valence-electron chi connectivity index (χ1n) is 5.79. The standard InChI is InChI=1S/C15H16OS/c1-3-13-9-5-7-11-15(13)17(16)14-10-6-4-8-12(14)2/h4-11H,3H2,1-2H3. The van der Waals surface area contributed by atoms with E-state index in [2.05, 4.69) is 6.92 Å². The SMILES string of the molecule is CCc1ccccc1S(=O)c1ccccc1C. The monoisotopic (exact) mass is 244 g/mol. The zero-order valence-corrected chi connectivity index (χ0v) is 11.0. The van der Waals surface area contributed by atoms with E-state index in [1.807, 2.05) is 55.5 Å². The molecule has 0 aliphatic heterocycles. The molecule has 0 radical (unpaired) electrons. The molecule has 2 aromatic rings. The summed E-state index contributed by atoms with van der Waals surface area (Å²) in [5.74, 6) is 0. The molecule has 0 aliphatic rings. The number of rotatable bonds is 3. The van der Waals surface area contributed by atoms with Crippen LogP contribution in [0.25, 0.3) is 0 Å². The molecule has 0 heterocycles. The van der Waals surface area contributed by atoms with Gasteiger partial charge in [-0.25, -0.2) is 4.21 Å². The second-order valence-corrected chi connectivity index (χ2v) is 5.41. The highest BCUT2D eigenvalue weighted by atomic mass is 32.2. The Balaban J connectivity index is 2.48. The van der Waals surface area contributed by atoms with Gasteiger partial charge in [0.15, 0.2) is 0 Å². The van der Waals surface area contributed by atoms with Crippen molar-refractivity contribution >= 4 is 10.8 Å². The van der Waals surface area contributed by atoms with Gasteiger partial charge in [0.2, 0.25) is 0 Å². The van der Waals surface area contributed by atoms with Gasteiger partial charge >= 0.3 is 0 Å². The summed E-state index contributed by atoms with van der Waals surface area (Å²) in [4.78, 5) is 1.85. The van der Waals surface area contributed by atoms with Crippen LogP contribution < -0.4 is 0 Å². The molecule has 0 aromatic heterocycles. The number of hydrogen-bond donors (Lipinski definition) is 0. The average molecular weight is 244 g/mol. The van der Waals surface area contributed by atoms with Crippen molar-refractivity contribution in [3.63, 3.8) is 0 Å². The summed E-state index contributed by atoms with van der Waals surface area (Å²) >= 11 is 0. The third-order valence-electron chi connectivity index (χ3n) is 2.85. The van der Waals surface area contributed by atoms with Crippen molar-refractivity contribution in [1.82, 2.24) is 0 Å². The molecule has 1 nitrogen and oxygen atoms in total. The molecule has 0 spiro atoms. The normalized spacial score (nSPS) is 12.4. The Kier molecular flexibility index (Phi) is 3.75. The Morgan fingerprint density at radius 1 is 0.941 bits per heavy atom. The largest absolute Gasteiger partial charge is 0.249 e.